The van der Waals surface area contributed by atoms with E-state index in [1.807, 2.05) is 0 Å². The second-order valence-electron chi connectivity index (χ2n) is 2.25. The first kappa shape index (κ1) is 7.59. The third kappa shape index (κ3) is 1.04. The number of rotatable bonds is 0. The molecule has 1 aromatic heterocycles. The lowest BCUT2D eigenvalue weighted by atomic mass is 10.5. The molecule has 0 unspecified atom stereocenters. The summed E-state index contributed by atoms with van der Waals surface area (Å²) in [7, 11) is 0. The third-order valence-corrected chi connectivity index (χ3v) is 1.46. The van der Waals surface area contributed by atoms with Crippen LogP contribution in [0, 0.1) is 13.8 Å². The van der Waals surface area contributed by atoms with Gasteiger partial charge in [0.25, 0.3) is 0 Å². The molecule has 0 bridgehead atoms. The second-order valence-corrected chi connectivity index (χ2v) is 2.25. The molecule has 1 rings (SSSR count). The maximum atomic E-state index is 10.5. The summed E-state index contributed by atoms with van der Waals surface area (Å²) in [6.45, 7) is 3.26. The molecule has 11 heavy (non-hydrogen) atoms. The van der Waals surface area contributed by atoms with Crippen LogP contribution in [0.25, 0.3) is 0 Å². The molecule has 0 amide bonds. The van der Waals surface area contributed by atoms with E-state index in [0.717, 1.165) is 4.57 Å². The van der Waals surface area contributed by atoms with Crippen LogP contribution in [0.15, 0.2) is 0 Å². The van der Waals surface area contributed by atoms with E-state index in [-0.39, 0.29) is 5.82 Å². The van der Waals surface area contributed by atoms with E-state index >= 15 is 0 Å². The van der Waals surface area contributed by atoms with Crippen LogP contribution in [0.5, 0.6) is 0 Å². The molecule has 0 fully saturated rings. The topological polar surface area (TPSA) is 81.1 Å². The molecule has 0 aliphatic rings. The molecule has 0 saturated heterocycles. The highest BCUT2D eigenvalue weighted by atomic mass is 16.4. The zero-order valence-electron chi connectivity index (χ0n) is 6.33. The van der Waals surface area contributed by atoms with Crippen molar-refractivity contribution < 1.29 is 9.90 Å². The minimum atomic E-state index is -1.10. The van der Waals surface area contributed by atoms with E-state index in [1.54, 1.807) is 13.8 Å². The summed E-state index contributed by atoms with van der Waals surface area (Å²) in [6, 6.07) is 0. The average molecular weight is 155 g/mol. The molecule has 3 N–H and O–H groups in total. The quantitative estimate of drug-likeness (QED) is 0.575. The van der Waals surface area contributed by atoms with Crippen molar-refractivity contribution in [3.63, 3.8) is 0 Å². The summed E-state index contributed by atoms with van der Waals surface area (Å²) in [5, 5.41) is 8.60. The van der Waals surface area contributed by atoms with Crippen LogP contribution in [-0.4, -0.2) is 20.8 Å². The lowest BCUT2D eigenvalue weighted by molar-refractivity contribution is 0.196. The Balaban J connectivity index is 3.34. The van der Waals surface area contributed by atoms with Crippen molar-refractivity contribution in [2.75, 3.05) is 5.73 Å². The average Bonchev–Trinajstić information content (AvgIpc) is 2.07. The number of anilines is 1. The minimum absolute atomic E-state index is 0.190. The van der Waals surface area contributed by atoms with Crippen LogP contribution in [0.2, 0.25) is 0 Å². The lowest BCUT2D eigenvalue weighted by Gasteiger charge is -1.97. The number of hydrogen-bond acceptors (Lipinski definition) is 3. The van der Waals surface area contributed by atoms with Gasteiger partial charge in [0.2, 0.25) is 0 Å². The monoisotopic (exact) mass is 155 g/mol. The Morgan fingerprint density at radius 3 is 2.36 bits per heavy atom. The van der Waals surface area contributed by atoms with Gasteiger partial charge in [-0.25, -0.2) is 14.3 Å². The maximum Gasteiger partial charge on any atom is 0.418 e. The highest BCUT2D eigenvalue weighted by Crippen LogP contribution is 2.11. The number of carbonyl (C=O) groups is 1. The summed E-state index contributed by atoms with van der Waals surface area (Å²) >= 11 is 0. The first-order valence-electron chi connectivity index (χ1n) is 3.08. The molecule has 0 spiro atoms. The smallest absolute Gasteiger partial charge is 0.418 e. The fourth-order valence-corrected chi connectivity index (χ4v) is 0.928. The first-order chi connectivity index (χ1) is 5.04. The molecule has 0 saturated carbocycles. The van der Waals surface area contributed by atoms with E-state index in [4.69, 9.17) is 10.8 Å². The van der Waals surface area contributed by atoms with Crippen molar-refractivity contribution in [2.24, 2.45) is 0 Å². The second kappa shape index (κ2) is 2.26. The number of carboxylic acid groups (broad SMARTS) is 1. The van der Waals surface area contributed by atoms with Gasteiger partial charge < -0.3 is 10.8 Å². The fraction of sp³-hybridized carbons (Fsp3) is 0.333. The number of nitrogen functional groups attached to an aromatic ring is 1. The van der Waals surface area contributed by atoms with Gasteiger partial charge in [0.15, 0.2) is 0 Å². The molecular weight excluding hydrogens is 146 g/mol. The van der Waals surface area contributed by atoms with Crippen LogP contribution in [0.1, 0.15) is 11.5 Å². The van der Waals surface area contributed by atoms with E-state index in [2.05, 4.69) is 4.98 Å². The molecule has 0 aromatic carbocycles. The van der Waals surface area contributed by atoms with Crippen LogP contribution >= 0.6 is 0 Å². The maximum absolute atomic E-state index is 10.5. The zero-order chi connectivity index (χ0) is 8.59. The van der Waals surface area contributed by atoms with Crippen LogP contribution < -0.4 is 5.73 Å². The lowest BCUT2D eigenvalue weighted by Crippen LogP contribution is -2.12. The van der Waals surface area contributed by atoms with Gasteiger partial charge >= 0.3 is 6.09 Å². The Morgan fingerprint density at radius 2 is 2.18 bits per heavy atom. The Bertz CT molecular complexity index is 303. The largest absolute Gasteiger partial charge is 0.464 e. The number of hydrogen-bond donors (Lipinski definition) is 2. The van der Waals surface area contributed by atoms with Gasteiger partial charge in [-0.05, 0) is 13.8 Å². The van der Waals surface area contributed by atoms with Crippen molar-refractivity contribution >= 4 is 11.9 Å². The van der Waals surface area contributed by atoms with Gasteiger partial charge in [0, 0.05) is 0 Å². The molecule has 60 valence electrons. The number of nitrogens with zero attached hydrogens (tertiary/aromatic N) is 2. The van der Waals surface area contributed by atoms with Gasteiger partial charge in [-0.3, -0.25) is 0 Å². The predicted molar refractivity (Wildman–Crippen MR) is 39.5 cm³/mol. The van der Waals surface area contributed by atoms with Crippen molar-refractivity contribution in [1.82, 2.24) is 9.55 Å². The highest BCUT2D eigenvalue weighted by Gasteiger charge is 2.12. The highest BCUT2D eigenvalue weighted by molar-refractivity contribution is 5.73. The Labute approximate surface area is 63.5 Å². The van der Waals surface area contributed by atoms with Crippen molar-refractivity contribution in [2.45, 2.75) is 13.8 Å². The molecule has 5 heteroatoms. The number of aryl methyl sites for hydroxylation is 2. The van der Waals surface area contributed by atoms with Crippen LogP contribution in [-0.2, 0) is 0 Å². The fourth-order valence-electron chi connectivity index (χ4n) is 0.928. The number of nitrogens with two attached hydrogens (primary N) is 1. The summed E-state index contributed by atoms with van der Waals surface area (Å²) in [4.78, 5) is 14.4. The first-order valence-corrected chi connectivity index (χ1v) is 3.08. The van der Waals surface area contributed by atoms with E-state index in [1.165, 1.54) is 0 Å². The van der Waals surface area contributed by atoms with Crippen molar-refractivity contribution in [1.29, 1.82) is 0 Å². The standard InChI is InChI=1S/C6H9N3O2/c1-3-5(7)9(6(10)11)4(2)8-3/h7H2,1-2H3,(H,10,11). The Morgan fingerprint density at radius 1 is 1.64 bits per heavy atom. The van der Waals surface area contributed by atoms with Gasteiger partial charge in [0.1, 0.15) is 11.6 Å². The van der Waals surface area contributed by atoms with E-state index < -0.39 is 6.09 Å². The summed E-state index contributed by atoms with van der Waals surface area (Å²) < 4.78 is 0.954. The molecule has 0 atom stereocenters. The van der Waals surface area contributed by atoms with Crippen LogP contribution in [0.3, 0.4) is 0 Å². The Hall–Kier alpha value is -1.52. The van der Waals surface area contributed by atoms with Crippen molar-refractivity contribution in [3.05, 3.63) is 11.5 Å². The molecule has 1 heterocycles. The minimum Gasteiger partial charge on any atom is -0.464 e. The van der Waals surface area contributed by atoms with E-state index in [9.17, 15) is 4.79 Å². The summed E-state index contributed by atoms with van der Waals surface area (Å²) in [6.07, 6.45) is -1.10. The Kier molecular flexibility index (Phi) is 1.56. The molecule has 0 radical (unpaired) electrons. The van der Waals surface area contributed by atoms with Gasteiger partial charge in [0.05, 0.1) is 5.69 Å². The van der Waals surface area contributed by atoms with Gasteiger partial charge in [-0.1, -0.05) is 0 Å². The normalized spacial score (nSPS) is 10.0. The van der Waals surface area contributed by atoms with Gasteiger partial charge in [-0.15, -0.1) is 0 Å². The SMILES string of the molecule is Cc1nc(C)n(C(=O)O)c1N. The molecule has 0 aliphatic carbocycles. The predicted octanol–water partition coefficient (Wildman–Crippen LogP) is 0.608. The van der Waals surface area contributed by atoms with Crippen LogP contribution in [0.4, 0.5) is 10.6 Å². The molecular formula is C6H9N3O2. The molecule has 5 nitrogen and oxygen atoms in total. The zero-order valence-corrected chi connectivity index (χ0v) is 6.33. The molecule has 1 aromatic rings. The number of imidazole rings is 1. The summed E-state index contributed by atoms with van der Waals surface area (Å²) in [5.41, 5.74) is 5.97. The van der Waals surface area contributed by atoms with Gasteiger partial charge in [-0.2, -0.15) is 0 Å². The summed E-state index contributed by atoms with van der Waals surface area (Å²) in [5.74, 6) is 0.586. The third-order valence-electron chi connectivity index (χ3n) is 1.46. The molecule has 0 aliphatic heterocycles. The number of aromatic nitrogens is 2. The van der Waals surface area contributed by atoms with E-state index in [0.29, 0.717) is 11.5 Å². The van der Waals surface area contributed by atoms with Crippen molar-refractivity contribution in [3.8, 4) is 0 Å².